The van der Waals surface area contributed by atoms with Crippen molar-refractivity contribution in [3.8, 4) is 0 Å². The number of hydrogen-bond donors (Lipinski definition) is 1. The molecule has 0 amide bonds. The average Bonchev–Trinajstić information content (AvgIpc) is 2.97. The van der Waals surface area contributed by atoms with Crippen molar-refractivity contribution in [1.29, 1.82) is 0 Å². The molecule has 0 radical (unpaired) electrons. The van der Waals surface area contributed by atoms with Crippen molar-refractivity contribution in [2.45, 2.75) is 39.2 Å². The molecule has 2 aromatic rings. The number of benzene rings is 1. The van der Waals surface area contributed by atoms with Gasteiger partial charge in [-0.05, 0) is 13.0 Å². The normalized spacial score (nSPS) is 12.7. The second kappa shape index (κ2) is 6.52. The minimum absolute atomic E-state index is 0.0756. The van der Waals surface area contributed by atoms with Crippen LogP contribution in [0.2, 0.25) is 0 Å². The highest BCUT2D eigenvalue weighted by atomic mass is 32.1. The highest BCUT2D eigenvalue weighted by Gasteiger charge is 2.23. The van der Waals surface area contributed by atoms with Crippen molar-refractivity contribution in [2.24, 2.45) is 0 Å². The topological polar surface area (TPSA) is 111 Å². The van der Waals surface area contributed by atoms with E-state index in [1.54, 1.807) is 0 Å². The lowest BCUT2D eigenvalue weighted by atomic mass is 9.93. The molecule has 0 fully saturated rings. The standard InChI is InChI=1S/C15H18N4O4S/c1-9(14-17-13(8-24-14)15(2,3)4)16-11-6-5-10(18(20)21)7-12(11)19(22)23/h5-9,16H,1-4H3. The molecule has 2 rings (SSSR count). The minimum Gasteiger partial charge on any atom is -0.371 e. The third-order valence-corrected chi connectivity index (χ3v) is 4.45. The van der Waals surface area contributed by atoms with Crippen LogP contribution in [0.1, 0.15) is 44.4 Å². The molecule has 24 heavy (non-hydrogen) atoms. The summed E-state index contributed by atoms with van der Waals surface area (Å²) >= 11 is 1.47. The van der Waals surface area contributed by atoms with E-state index in [0.717, 1.165) is 16.8 Å². The van der Waals surface area contributed by atoms with Gasteiger partial charge < -0.3 is 5.32 Å². The van der Waals surface area contributed by atoms with Gasteiger partial charge in [-0.1, -0.05) is 20.8 Å². The van der Waals surface area contributed by atoms with Gasteiger partial charge in [0.1, 0.15) is 10.7 Å². The first kappa shape index (κ1) is 17.8. The second-order valence-corrected chi connectivity index (χ2v) is 7.29. The molecule has 128 valence electrons. The van der Waals surface area contributed by atoms with Crippen molar-refractivity contribution in [3.63, 3.8) is 0 Å². The smallest absolute Gasteiger partial charge is 0.299 e. The van der Waals surface area contributed by atoms with Crippen LogP contribution in [0.5, 0.6) is 0 Å². The summed E-state index contributed by atoms with van der Waals surface area (Å²) in [5.41, 5.74) is 0.459. The molecular weight excluding hydrogens is 332 g/mol. The molecular formula is C15H18N4O4S. The van der Waals surface area contributed by atoms with E-state index in [4.69, 9.17) is 0 Å². The zero-order chi connectivity index (χ0) is 18.1. The fourth-order valence-corrected chi connectivity index (χ4v) is 3.09. The summed E-state index contributed by atoms with van der Waals surface area (Å²) in [4.78, 5) is 25.2. The molecule has 0 aliphatic rings. The SMILES string of the molecule is CC(Nc1ccc([N+](=O)[O-])cc1[N+](=O)[O-])c1nc(C(C)(C)C)cs1. The Morgan fingerprint density at radius 2 is 1.88 bits per heavy atom. The molecule has 1 aromatic carbocycles. The quantitative estimate of drug-likeness (QED) is 0.630. The summed E-state index contributed by atoms with van der Waals surface area (Å²) in [7, 11) is 0. The Bertz CT molecular complexity index is 782. The number of thiazole rings is 1. The molecule has 1 unspecified atom stereocenters. The Morgan fingerprint density at radius 3 is 2.38 bits per heavy atom. The van der Waals surface area contributed by atoms with E-state index in [9.17, 15) is 20.2 Å². The van der Waals surface area contributed by atoms with E-state index in [2.05, 4.69) is 31.1 Å². The number of nitrogens with zero attached hydrogens (tertiary/aromatic N) is 3. The maximum Gasteiger partial charge on any atom is 0.299 e. The van der Waals surface area contributed by atoms with Gasteiger partial charge in [-0.3, -0.25) is 20.2 Å². The molecule has 1 aromatic heterocycles. The summed E-state index contributed by atoms with van der Waals surface area (Å²) in [5, 5.41) is 27.8. The van der Waals surface area contributed by atoms with Gasteiger partial charge in [0, 0.05) is 16.9 Å². The maximum absolute atomic E-state index is 11.2. The minimum atomic E-state index is -0.656. The Kier molecular flexibility index (Phi) is 4.83. The first-order chi connectivity index (χ1) is 11.1. The van der Waals surface area contributed by atoms with Crippen LogP contribution in [0.4, 0.5) is 17.1 Å². The summed E-state index contributed by atoms with van der Waals surface area (Å²) in [6.07, 6.45) is 0. The number of nitro groups is 2. The number of nitro benzene ring substituents is 2. The molecule has 9 heteroatoms. The van der Waals surface area contributed by atoms with Crippen molar-refractivity contribution >= 4 is 28.4 Å². The third kappa shape index (κ3) is 3.85. The van der Waals surface area contributed by atoms with Crippen LogP contribution >= 0.6 is 11.3 Å². The van der Waals surface area contributed by atoms with Gasteiger partial charge >= 0.3 is 0 Å². The lowest BCUT2D eigenvalue weighted by Gasteiger charge is -2.15. The van der Waals surface area contributed by atoms with Crippen LogP contribution < -0.4 is 5.32 Å². The summed E-state index contributed by atoms with van der Waals surface area (Å²) < 4.78 is 0. The molecule has 0 aliphatic carbocycles. The van der Waals surface area contributed by atoms with Crippen LogP contribution in [-0.4, -0.2) is 14.8 Å². The first-order valence-electron chi connectivity index (χ1n) is 7.25. The van der Waals surface area contributed by atoms with Crippen LogP contribution in [0.15, 0.2) is 23.6 Å². The van der Waals surface area contributed by atoms with Crippen molar-refractivity contribution < 1.29 is 9.85 Å². The molecule has 0 saturated carbocycles. The average molecular weight is 350 g/mol. The molecule has 1 atom stereocenters. The van der Waals surface area contributed by atoms with E-state index < -0.39 is 9.85 Å². The molecule has 1 N–H and O–H groups in total. The number of anilines is 1. The Balaban J connectivity index is 2.28. The Morgan fingerprint density at radius 1 is 1.21 bits per heavy atom. The molecule has 0 spiro atoms. The zero-order valence-corrected chi connectivity index (χ0v) is 14.6. The van der Waals surface area contributed by atoms with Gasteiger partial charge in [-0.2, -0.15) is 0 Å². The van der Waals surface area contributed by atoms with E-state index in [-0.39, 0.29) is 28.5 Å². The number of rotatable bonds is 5. The monoisotopic (exact) mass is 350 g/mol. The van der Waals surface area contributed by atoms with Crippen molar-refractivity contribution in [3.05, 3.63) is 54.5 Å². The van der Waals surface area contributed by atoms with Crippen LogP contribution in [0.3, 0.4) is 0 Å². The van der Waals surface area contributed by atoms with E-state index >= 15 is 0 Å². The van der Waals surface area contributed by atoms with Crippen molar-refractivity contribution in [1.82, 2.24) is 4.98 Å². The van der Waals surface area contributed by atoms with E-state index in [1.807, 2.05) is 12.3 Å². The van der Waals surface area contributed by atoms with Crippen LogP contribution in [0, 0.1) is 20.2 Å². The summed E-state index contributed by atoms with van der Waals surface area (Å²) in [6, 6.07) is 3.29. The molecule has 8 nitrogen and oxygen atoms in total. The zero-order valence-electron chi connectivity index (χ0n) is 13.8. The maximum atomic E-state index is 11.2. The number of nitrogens with one attached hydrogen (secondary N) is 1. The highest BCUT2D eigenvalue weighted by molar-refractivity contribution is 7.09. The lowest BCUT2D eigenvalue weighted by Crippen LogP contribution is -2.13. The molecule has 0 bridgehead atoms. The second-order valence-electron chi connectivity index (χ2n) is 6.40. The molecule has 0 aliphatic heterocycles. The Labute approximate surface area is 142 Å². The van der Waals surface area contributed by atoms with Gasteiger partial charge in [-0.15, -0.1) is 11.3 Å². The highest BCUT2D eigenvalue weighted by Crippen LogP contribution is 2.33. The van der Waals surface area contributed by atoms with Crippen LogP contribution in [0.25, 0.3) is 0 Å². The lowest BCUT2D eigenvalue weighted by molar-refractivity contribution is -0.393. The Hall–Kier alpha value is -2.55. The molecule has 1 heterocycles. The van der Waals surface area contributed by atoms with Gasteiger partial charge in [0.15, 0.2) is 0 Å². The predicted octanol–water partition coefficient (Wildman–Crippen LogP) is 4.43. The van der Waals surface area contributed by atoms with Gasteiger partial charge in [0.25, 0.3) is 11.4 Å². The number of hydrogen-bond acceptors (Lipinski definition) is 7. The summed E-state index contributed by atoms with van der Waals surface area (Å²) in [5.74, 6) is 0. The predicted molar refractivity (Wildman–Crippen MR) is 92.6 cm³/mol. The third-order valence-electron chi connectivity index (χ3n) is 3.42. The fourth-order valence-electron chi connectivity index (χ4n) is 2.03. The number of aromatic nitrogens is 1. The van der Waals surface area contributed by atoms with Gasteiger partial charge in [0.2, 0.25) is 0 Å². The van der Waals surface area contributed by atoms with Crippen LogP contribution in [-0.2, 0) is 5.41 Å². The molecule has 0 saturated heterocycles. The van der Waals surface area contributed by atoms with E-state index in [1.165, 1.54) is 23.5 Å². The number of non-ortho nitro benzene ring substituents is 1. The summed E-state index contributed by atoms with van der Waals surface area (Å²) in [6.45, 7) is 8.03. The fraction of sp³-hybridized carbons (Fsp3) is 0.400. The largest absolute Gasteiger partial charge is 0.371 e. The van der Waals surface area contributed by atoms with Gasteiger partial charge in [0.05, 0.1) is 27.6 Å². The first-order valence-corrected chi connectivity index (χ1v) is 8.13. The van der Waals surface area contributed by atoms with Gasteiger partial charge in [-0.25, -0.2) is 4.98 Å². The van der Waals surface area contributed by atoms with E-state index in [0.29, 0.717) is 0 Å². The van der Waals surface area contributed by atoms with Crippen molar-refractivity contribution in [2.75, 3.05) is 5.32 Å².